The van der Waals surface area contributed by atoms with Gasteiger partial charge in [-0.3, -0.25) is 24.9 Å². The van der Waals surface area contributed by atoms with Gasteiger partial charge in [0.15, 0.2) is 0 Å². The van der Waals surface area contributed by atoms with E-state index in [1.807, 2.05) is 0 Å². The van der Waals surface area contributed by atoms with Crippen molar-refractivity contribution in [2.75, 3.05) is 5.32 Å². The average Bonchev–Trinajstić information content (AvgIpc) is 2.37. The largest absolute Gasteiger partial charge is 0.493 e. The minimum atomic E-state index is -0.525. The van der Waals surface area contributed by atoms with E-state index in [2.05, 4.69) is 25.3 Å². The summed E-state index contributed by atoms with van der Waals surface area (Å²) in [6.45, 7) is 0. The molecule has 0 fully saturated rings. The number of anilines is 2. The number of fused-ring (bicyclic) bond motifs is 1. The normalized spacial score (nSPS) is 10.6. The maximum Gasteiger partial charge on any atom is 0.260 e. The molecule has 1 aromatic carbocycles. The molecule has 3 rings (SSSR count). The Morgan fingerprint density at radius 2 is 1.80 bits per heavy atom. The van der Waals surface area contributed by atoms with Crippen LogP contribution in [0.2, 0.25) is 0 Å². The Labute approximate surface area is 111 Å². The van der Waals surface area contributed by atoms with Crippen LogP contribution in [0.25, 0.3) is 10.9 Å². The number of benzene rings is 1. The predicted molar refractivity (Wildman–Crippen MR) is 72.2 cm³/mol. The number of hydrogen-bond donors (Lipinski definition) is 4. The minimum Gasteiger partial charge on any atom is -0.493 e. The fraction of sp³-hybridized carbons (Fsp3) is 0. The van der Waals surface area contributed by atoms with Gasteiger partial charge in [0.1, 0.15) is 0 Å². The third-order valence-electron chi connectivity index (χ3n) is 2.58. The number of H-pyrrole nitrogens is 2. The second-order valence-electron chi connectivity index (χ2n) is 4.01. The molecule has 0 saturated carbocycles. The molecule has 3 aromatic rings. The van der Waals surface area contributed by atoms with Crippen molar-refractivity contribution in [3.8, 4) is 5.88 Å². The van der Waals surface area contributed by atoms with Gasteiger partial charge in [-0.1, -0.05) is 12.1 Å². The molecule has 100 valence electrons. The smallest absolute Gasteiger partial charge is 0.260 e. The highest BCUT2D eigenvalue weighted by Gasteiger charge is 2.05. The van der Waals surface area contributed by atoms with Crippen LogP contribution in [0, 0.1) is 0 Å². The van der Waals surface area contributed by atoms with Gasteiger partial charge in [0, 0.05) is 0 Å². The van der Waals surface area contributed by atoms with Gasteiger partial charge in [-0.05, 0) is 12.1 Å². The Morgan fingerprint density at radius 1 is 1.05 bits per heavy atom. The van der Waals surface area contributed by atoms with Gasteiger partial charge in [0.2, 0.25) is 17.8 Å². The van der Waals surface area contributed by atoms with Gasteiger partial charge >= 0.3 is 0 Å². The van der Waals surface area contributed by atoms with E-state index in [0.717, 1.165) is 6.07 Å². The fourth-order valence-corrected chi connectivity index (χ4v) is 1.76. The van der Waals surface area contributed by atoms with Crippen molar-refractivity contribution in [3.63, 3.8) is 0 Å². The van der Waals surface area contributed by atoms with Crippen LogP contribution < -0.4 is 16.4 Å². The number of para-hydroxylation sites is 1. The molecule has 8 nitrogen and oxygen atoms in total. The Bertz CT molecular complexity index is 899. The molecule has 2 heterocycles. The molecule has 0 aliphatic heterocycles. The molecule has 0 saturated heterocycles. The molecule has 0 aliphatic carbocycles. The standard InChI is InChI=1S/C12H9N5O3/c18-8-5-9(19)15-12(14-8)17-11-13-7-4-2-1-3-6(7)10(20)16-11/h1-5H,(H4,13,14,15,16,17,18,19,20). The van der Waals surface area contributed by atoms with Crippen LogP contribution >= 0.6 is 0 Å². The second-order valence-corrected chi connectivity index (χ2v) is 4.01. The molecule has 4 N–H and O–H groups in total. The molecule has 0 spiro atoms. The van der Waals surface area contributed by atoms with Gasteiger partial charge in [0.25, 0.3) is 11.1 Å². The second kappa shape index (κ2) is 4.50. The van der Waals surface area contributed by atoms with Crippen LogP contribution in [-0.2, 0) is 0 Å². The van der Waals surface area contributed by atoms with E-state index >= 15 is 0 Å². The van der Waals surface area contributed by atoms with Gasteiger partial charge in [0.05, 0.1) is 17.0 Å². The molecule has 20 heavy (non-hydrogen) atoms. The number of nitrogens with zero attached hydrogens (tertiary/aromatic N) is 2. The molecule has 0 amide bonds. The number of aromatic nitrogens is 4. The molecule has 2 aromatic heterocycles. The molecule has 0 bridgehead atoms. The van der Waals surface area contributed by atoms with E-state index in [4.69, 9.17) is 0 Å². The lowest BCUT2D eigenvalue weighted by atomic mass is 10.2. The Kier molecular flexibility index (Phi) is 2.68. The van der Waals surface area contributed by atoms with E-state index in [9.17, 15) is 14.7 Å². The van der Waals surface area contributed by atoms with Crippen molar-refractivity contribution in [3.05, 3.63) is 51.0 Å². The van der Waals surface area contributed by atoms with E-state index in [0.29, 0.717) is 10.9 Å². The zero-order chi connectivity index (χ0) is 14.1. The summed E-state index contributed by atoms with van der Waals surface area (Å²) in [5, 5.41) is 12.3. The fourth-order valence-electron chi connectivity index (χ4n) is 1.76. The number of nitrogens with one attached hydrogen (secondary N) is 3. The topological polar surface area (TPSA) is 124 Å². The van der Waals surface area contributed by atoms with Crippen LogP contribution in [0.3, 0.4) is 0 Å². The van der Waals surface area contributed by atoms with Crippen LogP contribution in [-0.4, -0.2) is 25.0 Å². The summed E-state index contributed by atoms with van der Waals surface area (Å²) in [6, 6.07) is 7.77. The number of rotatable bonds is 2. The third-order valence-corrected chi connectivity index (χ3v) is 2.58. The molecule has 0 unspecified atom stereocenters. The molecule has 0 atom stereocenters. The summed E-state index contributed by atoms with van der Waals surface area (Å²) in [6.07, 6.45) is 0. The lowest BCUT2D eigenvalue weighted by molar-refractivity contribution is 0.452. The van der Waals surface area contributed by atoms with Gasteiger partial charge in [-0.25, -0.2) is 4.98 Å². The summed E-state index contributed by atoms with van der Waals surface area (Å²) >= 11 is 0. The van der Waals surface area contributed by atoms with E-state index in [-0.39, 0.29) is 17.5 Å². The van der Waals surface area contributed by atoms with Crippen LogP contribution in [0.1, 0.15) is 0 Å². The van der Waals surface area contributed by atoms with Crippen LogP contribution in [0.5, 0.6) is 5.88 Å². The molecular weight excluding hydrogens is 262 g/mol. The first-order valence-corrected chi connectivity index (χ1v) is 5.68. The zero-order valence-electron chi connectivity index (χ0n) is 10.0. The lowest BCUT2D eigenvalue weighted by Crippen LogP contribution is -2.14. The van der Waals surface area contributed by atoms with Crippen molar-refractivity contribution in [1.82, 2.24) is 19.9 Å². The van der Waals surface area contributed by atoms with Crippen molar-refractivity contribution in [2.24, 2.45) is 0 Å². The monoisotopic (exact) mass is 271 g/mol. The van der Waals surface area contributed by atoms with Crippen molar-refractivity contribution in [2.45, 2.75) is 0 Å². The maximum atomic E-state index is 11.8. The van der Waals surface area contributed by atoms with Gasteiger partial charge < -0.3 is 5.11 Å². The summed E-state index contributed by atoms with van der Waals surface area (Å²) in [5.74, 6) is -0.338. The summed E-state index contributed by atoms with van der Waals surface area (Å²) in [4.78, 5) is 35.8. The Morgan fingerprint density at radius 3 is 2.60 bits per heavy atom. The molecule has 8 heteroatoms. The van der Waals surface area contributed by atoms with Gasteiger partial charge in [-0.15, -0.1) is 0 Å². The van der Waals surface area contributed by atoms with Crippen molar-refractivity contribution < 1.29 is 5.11 Å². The number of aromatic amines is 2. The first-order chi connectivity index (χ1) is 9.61. The van der Waals surface area contributed by atoms with Crippen LogP contribution in [0.4, 0.5) is 11.9 Å². The quantitative estimate of drug-likeness (QED) is 0.536. The SMILES string of the molecule is O=c1cc(O)nc(Nc2nc3ccccc3c(=O)[nH]2)[nH]1. The summed E-state index contributed by atoms with van der Waals surface area (Å²) in [5.41, 5.74) is -0.343. The highest BCUT2D eigenvalue weighted by Crippen LogP contribution is 2.11. The number of hydrogen-bond acceptors (Lipinski definition) is 6. The van der Waals surface area contributed by atoms with Crippen LogP contribution in [0.15, 0.2) is 39.9 Å². The summed E-state index contributed by atoms with van der Waals surface area (Å²) < 4.78 is 0. The first kappa shape index (κ1) is 11.9. The zero-order valence-corrected chi connectivity index (χ0v) is 10.0. The maximum absolute atomic E-state index is 11.8. The summed E-state index contributed by atoms with van der Waals surface area (Å²) in [7, 11) is 0. The Balaban J connectivity index is 2.07. The first-order valence-electron chi connectivity index (χ1n) is 5.68. The van der Waals surface area contributed by atoms with E-state index in [1.165, 1.54) is 0 Å². The molecule has 0 aliphatic rings. The van der Waals surface area contributed by atoms with E-state index < -0.39 is 11.4 Å². The van der Waals surface area contributed by atoms with Crippen molar-refractivity contribution >= 4 is 22.8 Å². The van der Waals surface area contributed by atoms with Crippen molar-refractivity contribution in [1.29, 1.82) is 0 Å². The molecule has 0 radical (unpaired) electrons. The minimum absolute atomic E-state index is 0.0200. The highest BCUT2D eigenvalue weighted by molar-refractivity contribution is 5.78. The average molecular weight is 271 g/mol. The highest BCUT2D eigenvalue weighted by atomic mass is 16.3. The van der Waals surface area contributed by atoms with Gasteiger partial charge in [-0.2, -0.15) is 4.98 Å². The molecular formula is C12H9N5O3. The third kappa shape index (κ3) is 2.21. The van der Waals surface area contributed by atoms with E-state index in [1.54, 1.807) is 24.3 Å². The predicted octanol–water partition coefficient (Wildman–Crippen LogP) is 0.456. The Hall–Kier alpha value is -3.16. The number of aromatic hydroxyl groups is 1. The lowest BCUT2D eigenvalue weighted by Gasteiger charge is -2.05.